The Morgan fingerprint density at radius 3 is 2.73 bits per heavy atom. The minimum atomic E-state index is -0.785. The zero-order valence-corrected chi connectivity index (χ0v) is 6.69. The molecule has 0 saturated carbocycles. The van der Waals surface area contributed by atoms with Crippen molar-refractivity contribution in [3.63, 3.8) is 0 Å². The quantitative estimate of drug-likeness (QED) is 0.408. The highest BCUT2D eigenvalue weighted by molar-refractivity contribution is 7.14. The molecule has 0 aliphatic heterocycles. The second kappa shape index (κ2) is 2.98. The van der Waals surface area contributed by atoms with Gasteiger partial charge in [0.15, 0.2) is 4.88 Å². The number of thiophene rings is 1. The maximum absolute atomic E-state index is 10.5. The number of carbonyl (C=O) groups excluding carboxylic acids is 1. The highest BCUT2D eigenvalue weighted by atomic mass is 35.5. The SMILES string of the molecule is O=C(Cl)c1sccc1[N+](=O)[O-]. The fourth-order valence-corrected chi connectivity index (χ4v) is 1.51. The molecule has 1 heterocycles. The van der Waals surface area contributed by atoms with E-state index in [1.807, 2.05) is 0 Å². The molecule has 0 bridgehead atoms. The molecule has 4 nitrogen and oxygen atoms in total. The summed E-state index contributed by atoms with van der Waals surface area (Å²) in [6.07, 6.45) is 0. The van der Waals surface area contributed by atoms with Crippen LogP contribution in [0.15, 0.2) is 11.4 Å². The molecule has 58 valence electrons. The van der Waals surface area contributed by atoms with Gasteiger partial charge in [-0.25, -0.2) is 0 Å². The lowest BCUT2D eigenvalue weighted by Crippen LogP contribution is -1.92. The summed E-state index contributed by atoms with van der Waals surface area (Å²) in [7, 11) is 0. The van der Waals surface area contributed by atoms with E-state index in [-0.39, 0.29) is 10.6 Å². The van der Waals surface area contributed by atoms with Crippen LogP contribution in [-0.2, 0) is 0 Å². The molecule has 0 atom stereocenters. The molecule has 0 aliphatic rings. The number of hydrogen-bond donors (Lipinski definition) is 0. The van der Waals surface area contributed by atoms with Crippen molar-refractivity contribution in [2.45, 2.75) is 0 Å². The van der Waals surface area contributed by atoms with Gasteiger partial charge in [0.05, 0.1) is 4.92 Å². The topological polar surface area (TPSA) is 60.2 Å². The lowest BCUT2D eigenvalue weighted by molar-refractivity contribution is -0.384. The van der Waals surface area contributed by atoms with Gasteiger partial charge in [-0.15, -0.1) is 11.3 Å². The van der Waals surface area contributed by atoms with Crippen molar-refractivity contribution in [1.29, 1.82) is 0 Å². The summed E-state index contributed by atoms with van der Waals surface area (Å²) in [6.45, 7) is 0. The molecular weight excluding hydrogens is 190 g/mol. The van der Waals surface area contributed by atoms with Crippen molar-refractivity contribution in [3.8, 4) is 0 Å². The van der Waals surface area contributed by atoms with E-state index in [1.54, 1.807) is 0 Å². The molecule has 11 heavy (non-hydrogen) atoms. The first-order valence-electron chi connectivity index (χ1n) is 2.54. The summed E-state index contributed by atoms with van der Waals surface area (Å²) < 4.78 is 0. The summed E-state index contributed by atoms with van der Waals surface area (Å²) in [5.74, 6) is 0. The van der Waals surface area contributed by atoms with Crippen LogP contribution in [0.2, 0.25) is 0 Å². The monoisotopic (exact) mass is 191 g/mol. The fraction of sp³-hybridized carbons (Fsp3) is 0. The van der Waals surface area contributed by atoms with Crippen LogP contribution in [0.25, 0.3) is 0 Å². The van der Waals surface area contributed by atoms with Gasteiger partial charge in [-0.05, 0) is 17.0 Å². The third-order valence-corrected chi connectivity index (χ3v) is 2.22. The van der Waals surface area contributed by atoms with E-state index in [0.717, 1.165) is 11.3 Å². The van der Waals surface area contributed by atoms with E-state index in [1.165, 1.54) is 11.4 Å². The van der Waals surface area contributed by atoms with Crippen molar-refractivity contribution in [3.05, 3.63) is 26.4 Å². The van der Waals surface area contributed by atoms with Gasteiger partial charge >= 0.3 is 0 Å². The lowest BCUT2D eigenvalue weighted by Gasteiger charge is -1.86. The number of halogens is 1. The van der Waals surface area contributed by atoms with Gasteiger partial charge in [0.25, 0.3) is 10.9 Å². The third kappa shape index (κ3) is 1.55. The number of carbonyl (C=O) groups is 1. The van der Waals surface area contributed by atoms with E-state index in [2.05, 4.69) is 0 Å². The number of nitro groups is 1. The second-order valence-corrected chi connectivity index (χ2v) is 2.93. The predicted octanol–water partition coefficient (Wildman–Crippen LogP) is 2.04. The van der Waals surface area contributed by atoms with Gasteiger partial charge in [-0.2, -0.15) is 0 Å². The molecule has 0 fully saturated rings. The number of rotatable bonds is 2. The minimum absolute atomic E-state index is 0.0170. The largest absolute Gasteiger partial charge is 0.292 e. The molecule has 0 radical (unpaired) electrons. The zero-order chi connectivity index (χ0) is 8.43. The summed E-state index contributed by atoms with van der Waals surface area (Å²) in [6, 6.07) is 1.25. The molecule has 0 aliphatic carbocycles. The average molecular weight is 192 g/mol. The lowest BCUT2D eigenvalue weighted by atomic mass is 10.4. The van der Waals surface area contributed by atoms with Crippen LogP contribution in [0.5, 0.6) is 0 Å². The molecule has 1 aromatic heterocycles. The Hall–Kier alpha value is -0.940. The molecule has 0 saturated heterocycles. The van der Waals surface area contributed by atoms with Gasteiger partial charge in [0.1, 0.15) is 0 Å². The Labute approximate surface area is 70.6 Å². The van der Waals surface area contributed by atoms with Gasteiger partial charge in [0, 0.05) is 6.07 Å². The fourth-order valence-electron chi connectivity index (χ4n) is 0.593. The first-order valence-corrected chi connectivity index (χ1v) is 3.80. The van der Waals surface area contributed by atoms with E-state index in [0.29, 0.717) is 0 Å². The van der Waals surface area contributed by atoms with Crippen LogP contribution in [0.4, 0.5) is 5.69 Å². The molecule has 1 aromatic rings. The standard InChI is InChI=1S/C5H2ClNO3S/c6-5(8)4-3(7(9)10)1-2-11-4/h1-2H. The normalized spacial score (nSPS) is 9.55. The first kappa shape index (κ1) is 8.16. The van der Waals surface area contributed by atoms with Gasteiger partial charge in [-0.3, -0.25) is 14.9 Å². The molecule has 1 rings (SSSR count). The molecule has 0 N–H and O–H groups in total. The van der Waals surface area contributed by atoms with Crippen LogP contribution in [0.1, 0.15) is 9.67 Å². The summed E-state index contributed by atoms with van der Waals surface area (Å²) in [4.78, 5) is 20.0. The third-order valence-electron chi connectivity index (χ3n) is 1.02. The van der Waals surface area contributed by atoms with Gasteiger partial charge in [-0.1, -0.05) is 0 Å². The minimum Gasteiger partial charge on any atom is -0.274 e. The highest BCUT2D eigenvalue weighted by Crippen LogP contribution is 2.25. The van der Waals surface area contributed by atoms with E-state index < -0.39 is 10.2 Å². The Balaban J connectivity index is 3.16. The molecule has 0 amide bonds. The van der Waals surface area contributed by atoms with Crippen LogP contribution < -0.4 is 0 Å². The molecule has 0 spiro atoms. The van der Waals surface area contributed by atoms with Crippen LogP contribution >= 0.6 is 22.9 Å². The first-order chi connectivity index (χ1) is 5.13. The van der Waals surface area contributed by atoms with E-state index >= 15 is 0 Å². The average Bonchev–Trinajstić information content (AvgIpc) is 2.32. The predicted molar refractivity (Wildman–Crippen MR) is 41.2 cm³/mol. The van der Waals surface area contributed by atoms with Crippen molar-refractivity contribution < 1.29 is 9.72 Å². The summed E-state index contributed by atoms with van der Waals surface area (Å²) in [5, 5.41) is 10.9. The second-order valence-electron chi connectivity index (χ2n) is 1.67. The Kier molecular flexibility index (Phi) is 2.21. The number of hydrogen-bond acceptors (Lipinski definition) is 4. The molecular formula is C5H2ClNO3S. The van der Waals surface area contributed by atoms with Gasteiger partial charge in [0.2, 0.25) is 0 Å². The van der Waals surface area contributed by atoms with Crippen molar-refractivity contribution >= 4 is 33.9 Å². The zero-order valence-electron chi connectivity index (χ0n) is 5.11. The summed E-state index contributed by atoms with van der Waals surface area (Å²) in [5.41, 5.74) is -0.227. The molecule has 6 heteroatoms. The molecule has 0 aromatic carbocycles. The van der Waals surface area contributed by atoms with Crippen molar-refractivity contribution in [2.24, 2.45) is 0 Å². The van der Waals surface area contributed by atoms with Gasteiger partial charge < -0.3 is 0 Å². The smallest absolute Gasteiger partial charge is 0.274 e. The van der Waals surface area contributed by atoms with E-state index in [4.69, 9.17) is 11.6 Å². The maximum Gasteiger partial charge on any atom is 0.292 e. The number of nitrogens with zero attached hydrogens (tertiary/aromatic N) is 1. The Bertz CT molecular complexity index is 280. The van der Waals surface area contributed by atoms with Crippen molar-refractivity contribution in [1.82, 2.24) is 0 Å². The highest BCUT2D eigenvalue weighted by Gasteiger charge is 2.19. The molecule has 0 unspecified atom stereocenters. The Morgan fingerprint density at radius 2 is 2.36 bits per heavy atom. The maximum atomic E-state index is 10.5. The van der Waals surface area contributed by atoms with E-state index in [9.17, 15) is 14.9 Å². The summed E-state index contributed by atoms with van der Waals surface area (Å²) >= 11 is 6.02. The van der Waals surface area contributed by atoms with Crippen LogP contribution in [0.3, 0.4) is 0 Å². The Morgan fingerprint density at radius 1 is 1.73 bits per heavy atom. The van der Waals surface area contributed by atoms with Crippen LogP contribution in [0, 0.1) is 10.1 Å². The van der Waals surface area contributed by atoms with Crippen molar-refractivity contribution in [2.75, 3.05) is 0 Å². The van der Waals surface area contributed by atoms with Crippen LogP contribution in [-0.4, -0.2) is 10.2 Å².